The summed E-state index contributed by atoms with van der Waals surface area (Å²) in [6, 6.07) is 0. The summed E-state index contributed by atoms with van der Waals surface area (Å²) in [5.41, 5.74) is 0. The third-order valence-electron chi connectivity index (χ3n) is 3.48. The highest BCUT2D eigenvalue weighted by molar-refractivity contribution is 5.76. The Hall–Kier alpha value is -1.10. The summed E-state index contributed by atoms with van der Waals surface area (Å²) >= 11 is 0. The van der Waals surface area contributed by atoms with Crippen LogP contribution in [0.4, 0.5) is 0 Å². The van der Waals surface area contributed by atoms with Crippen LogP contribution in [-0.4, -0.2) is 47.2 Å². The second-order valence-corrected chi connectivity index (χ2v) is 4.81. The van der Waals surface area contributed by atoms with Crippen LogP contribution in [0.3, 0.4) is 0 Å². The maximum absolute atomic E-state index is 11.8. The average Bonchev–Trinajstić information content (AvgIpc) is 2.66. The first-order chi connectivity index (χ1) is 8.16. The van der Waals surface area contributed by atoms with Crippen LogP contribution in [0.2, 0.25) is 0 Å². The van der Waals surface area contributed by atoms with Crippen molar-refractivity contribution in [3.05, 3.63) is 0 Å². The zero-order valence-electron chi connectivity index (χ0n) is 9.93. The van der Waals surface area contributed by atoms with E-state index in [2.05, 4.69) is 0 Å². The molecule has 17 heavy (non-hydrogen) atoms. The van der Waals surface area contributed by atoms with Gasteiger partial charge in [-0.1, -0.05) is 6.42 Å². The van der Waals surface area contributed by atoms with Gasteiger partial charge >= 0.3 is 5.97 Å². The van der Waals surface area contributed by atoms with Crippen molar-refractivity contribution in [3.8, 4) is 0 Å². The Morgan fingerprint density at radius 3 is 2.88 bits per heavy atom. The van der Waals surface area contributed by atoms with Crippen LogP contribution in [0, 0.1) is 0 Å². The molecule has 2 aliphatic heterocycles. The normalized spacial score (nSPS) is 30.4. The quantitative estimate of drug-likeness (QED) is 0.801. The molecule has 96 valence electrons. The van der Waals surface area contributed by atoms with Gasteiger partial charge in [0.1, 0.15) is 0 Å². The van der Waals surface area contributed by atoms with E-state index < -0.39 is 12.1 Å². The third kappa shape index (κ3) is 3.19. The average molecular weight is 241 g/mol. The van der Waals surface area contributed by atoms with Crippen LogP contribution in [0.1, 0.15) is 38.5 Å². The lowest BCUT2D eigenvalue weighted by atomic mass is 10.2. The van der Waals surface area contributed by atoms with Gasteiger partial charge in [-0.25, -0.2) is 4.79 Å². The number of carbonyl (C=O) groups excluding carboxylic acids is 1. The van der Waals surface area contributed by atoms with Crippen LogP contribution in [0.5, 0.6) is 0 Å². The number of nitrogens with zero attached hydrogens (tertiary/aromatic N) is 1. The summed E-state index contributed by atoms with van der Waals surface area (Å²) in [7, 11) is 0. The Morgan fingerprint density at radius 2 is 2.18 bits per heavy atom. The molecular formula is C12H19NO4. The van der Waals surface area contributed by atoms with Gasteiger partial charge in [-0.15, -0.1) is 0 Å². The van der Waals surface area contributed by atoms with Crippen LogP contribution in [0.25, 0.3) is 0 Å². The highest BCUT2D eigenvalue weighted by atomic mass is 16.5. The Bertz CT molecular complexity index is 305. The van der Waals surface area contributed by atoms with Crippen molar-refractivity contribution in [2.45, 2.75) is 50.7 Å². The number of likely N-dealkylation sites (tertiary alicyclic amines) is 1. The van der Waals surface area contributed by atoms with E-state index in [0.29, 0.717) is 19.4 Å². The first-order valence-corrected chi connectivity index (χ1v) is 6.33. The molecule has 2 aliphatic rings. The number of rotatable bonds is 3. The fourth-order valence-corrected chi connectivity index (χ4v) is 2.50. The van der Waals surface area contributed by atoms with Crippen molar-refractivity contribution in [1.82, 2.24) is 4.90 Å². The molecule has 5 nitrogen and oxygen atoms in total. The minimum absolute atomic E-state index is 0.0989. The summed E-state index contributed by atoms with van der Waals surface area (Å²) in [6.07, 6.45) is 4.25. The van der Waals surface area contributed by atoms with Gasteiger partial charge in [-0.3, -0.25) is 4.79 Å². The first-order valence-electron chi connectivity index (χ1n) is 6.33. The Morgan fingerprint density at radius 1 is 1.35 bits per heavy atom. The van der Waals surface area contributed by atoms with Gasteiger partial charge < -0.3 is 14.7 Å². The van der Waals surface area contributed by atoms with E-state index in [1.54, 1.807) is 0 Å². The molecule has 2 unspecified atom stereocenters. The topological polar surface area (TPSA) is 66.8 Å². The van der Waals surface area contributed by atoms with Gasteiger partial charge in [0, 0.05) is 19.5 Å². The largest absolute Gasteiger partial charge is 0.479 e. The van der Waals surface area contributed by atoms with E-state index >= 15 is 0 Å². The first kappa shape index (κ1) is 12.4. The molecule has 0 aromatic carbocycles. The Labute approximate surface area is 101 Å². The molecule has 5 heteroatoms. The molecule has 2 heterocycles. The highest BCUT2D eigenvalue weighted by Gasteiger charge is 2.32. The molecule has 0 spiro atoms. The van der Waals surface area contributed by atoms with E-state index in [1.165, 1.54) is 0 Å². The van der Waals surface area contributed by atoms with E-state index in [-0.39, 0.29) is 12.0 Å². The molecule has 0 bridgehead atoms. The van der Waals surface area contributed by atoms with E-state index in [9.17, 15) is 9.59 Å². The van der Waals surface area contributed by atoms with Crippen LogP contribution < -0.4 is 0 Å². The molecule has 2 atom stereocenters. The van der Waals surface area contributed by atoms with Crippen molar-refractivity contribution in [2.24, 2.45) is 0 Å². The monoisotopic (exact) mass is 241 g/mol. The molecule has 1 N–H and O–H groups in total. The van der Waals surface area contributed by atoms with Crippen LogP contribution in [0.15, 0.2) is 0 Å². The number of carbonyl (C=O) groups is 2. The molecule has 0 aliphatic carbocycles. The smallest absolute Gasteiger partial charge is 0.332 e. The summed E-state index contributed by atoms with van der Waals surface area (Å²) < 4.78 is 5.42. The fraction of sp³-hybridized carbons (Fsp3) is 0.833. The van der Waals surface area contributed by atoms with Crippen molar-refractivity contribution in [2.75, 3.05) is 13.1 Å². The molecule has 0 radical (unpaired) electrons. The summed E-state index contributed by atoms with van der Waals surface area (Å²) in [5.74, 6) is -0.709. The molecule has 0 aromatic heterocycles. The fourth-order valence-electron chi connectivity index (χ4n) is 2.50. The van der Waals surface area contributed by atoms with E-state index in [1.807, 2.05) is 4.90 Å². The number of amides is 1. The molecule has 2 saturated heterocycles. The van der Waals surface area contributed by atoms with E-state index in [0.717, 1.165) is 32.2 Å². The van der Waals surface area contributed by atoms with Gasteiger partial charge in [0.2, 0.25) is 5.91 Å². The second-order valence-electron chi connectivity index (χ2n) is 4.81. The number of carboxylic acids is 1. The van der Waals surface area contributed by atoms with Crippen molar-refractivity contribution in [3.63, 3.8) is 0 Å². The highest BCUT2D eigenvalue weighted by Crippen LogP contribution is 2.22. The Balaban J connectivity index is 1.84. The summed E-state index contributed by atoms with van der Waals surface area (Å²) in [6.45, 7) is 1.35. The van der Waals surface area contributed by atoms with Crippen molar-refractivity contribution >= 4 is 11.9 Å². The maximum Gasteiger partial charge on any atom is 0.332 e. The second kappa shape index (κ2) is 5.49. The standard InChI is InChI=1S/C12H19NO4/c14-11-4-2-1-3-7-13(11)8-9-5-6-10(17-9)12(15)16/h9-10H,1-8H2,(H,15,16). The van der Waals surface area contributed by atoms with Gasteiger partial charge in [0.25, 0.3) is 0 Å². The minimum Gasteiger partial charge on any atom is -0.479 e. The maximum atomic E-state index is 11.8. The predicted molar refractivity (Wildman–Crippen MR) is 60.6 cm³/mol. The molecule has 0 saturated carbocycles. The van der Waals surface area contributed by atoms with Gasteiger partial charge in [0.05, 0.1) is 6.10 Å². The molecule has 2 fully saturated rings. The van der Waals surface area contributed by atoms with Crippen LogP contribution >= 0.6 is 0 Å². The summed E-state index contributed by atoms with van der Waals surface area (Å²) in [5, 5.41) is 8.83. The van der Waals surface area contributed by atoms with E-state index in [4.69, 9.17) is 9.84 Å². The van der Waals surface area contributed by atoms with Crippen LogP contribution in [-0.2, 0) is 14.3 Å². The number of hydrogen-bond donors (Lipinski definition) is 1. The Kier molecular flexibility index (Phi) is 3.99. The number of carboxylic acid groups (broad SMARTS) is 1. The zero-order chi connectivity index (χ0) is 12.3. The van der Waals surface area contributed by atoms with Crippen molar-refractivity contribution in [1.29, 1.82) is 0 Å². The molecule has 1 amide bonds. The molecule has 2 rings (SSSR count). The minimum atomic E-state index is -0.894. The predicted octanol–water partition coefficient (Wildman–Crippen LogP) is 1.02. The molecular weight excluding hydrogens is 222 g/mol. The number of ether oxygens (including phenoxy) is 1. The molecule has 0 aromatic rings. The van der Waals surface area contributed by atoms with Crippen molar-refractivity contribution < 1.29 is 19.4 Å². The number of hydrogen-bond acceptors (Lipinski definition) is 3. The lowest BCUT2D eigenvalue weighted by Gasteiger charge is -2.24. The van der Waals surface area contributed by atoms with Gasteiger partial charge in [0.15, 0.2) is 6.10 Å². The lowest BCUT2D eigenvalue weighted by molar-refractivity contribution is -0.150. The summed E-state index contributed by atoms with van der Waals surface area (Å²) in [4.78, 5) is 24.4. The number of aliphatic carboxylic acids is 1. The zero-order valence-corrected chi connectivity index (χ0v) is 9.93. The lowest BCUT2D eigenvalue weighted by Crippen LogP contribution is -2.37. The third-order valence-corrected chi connectivity index (χ3v) is 3.48. The SMILES string of the molecule is O=C(O)C1CCC(CN2CCCCCC2=O)O1. The van der Waals surface area contributed by atoms with Gasteiger partial charge in [-0.05, 0) is 25.7 Å². The van der Waals surface area contributed by atoms with Gasteiger partial charge in [-0.2, -0.15) is 0 Å².